The minimum absolute atomic E-state index is 0.113. The van der Waals surface area contributed by atoms with E-state index >= 15 is 0 Å². The first-order valence-electron chi connectivity index (χ1n) is 6.42. The second-order valence-corrected chi connectivity index (χ2v) is 5.19. The van der Waals surface area contributed by atoms with Crippen LogP contribution in [0.2, 0.25) is 5.15 Å². The van der Waals surface area contributed by atoms with Crippen molar-refractivity contribution in [3.05, 3.63) is 64.9 Å². The minimum Gasteiger partial charge on any atom is -0.368 e. The predicted octanol–water partition coefficient (Wildman–Crippen LogP) is 4.02. The van der Waals surface area contributed by atoms with Gasteiger partial charge in [0.25, 0.3) is 0 Å². The van der Waals surface area contributed by atoms with E-state index in [2.05, 4.69) is 47.2 Å². The number of hydrogen-bond acceptors (Lipinski definition) is 3. The molecule has 2 N–H and O–H groups in total. The topological polar surface area (TPSA) is 51.8 Å². The highest BCUT2D eigenvalue weighted by Crippen LogP contribution is 2.27. The number of nitrogens with zero attached hydrogens (tertiary/aromatic N) is 2. The summed E-state index contributed by atoms with van der Waals surface area (Å²) in [5.41, 5.74) is 7.67. The Bertz CT molecular complexity index is 750. The van der Waals surface area contributed by atoms with Crippen LogP contribution in [0.4, 0.5) is 5.95 Å². The Hall–Kier alpha value is -2.13. The normalized spacial score (nSPS) is 12.5. The molecule has 0 spiro atoms. The molecule has 20 heavy (non-hydrogen) atoms. The average Bonchev–Trinajstić information content (AvgIpc) is 2.45. The summed E-state index contributed by atoms with van der Waals surface area (Å²) in [4.78, 5) is 8.16. The summed E-state index contributed by atoms with van der Waals surface area (Å²) in [5.74, 6) is 0.322. The largest absolute Gasteiger partial charge is 0.368 e. The van der Waals surface area contributed by atoms with E-state index in [1.165, 1.54) is 16.3 Å². The molecular formula is C16H14ClN3. The number of rotatable bonds is 2. The van der Waals surface area contributed by atoms with E-state index in [4.69, 9.17) is 17.3 Å². The fraction of sp³-hybridized carbons (Fsp3) is 0.125. The molecule has 0 amide bonds. The minimum atomic E-state index is 0.113. The summed E-state index contributed by atoms with van der Waals surface area (Å²) in [6.07, 6.45) is 0. The summed E-state index contributed by atoms with van der Waals surface area (Å²) in [7, 11) is 0. The first-order valence-corrected chi connectivity index (χ1v) is 6.80. The molecule has 1 atom stereocenters. The summed E-state index contributed by atoms with van der Waals surface area (Å²) in [5, 5.41) is 2.81. The molecule has 3 rings (SSSR count). The Morgan fingerprint density at radius 2 is 1.75 bits per heavy atom. The molecule has 0 radical (unpaired) electrons. The Morgan fingerprint density at radius 3 is 2.50 bits per heavy atom. The molecule has 3 nitrogen and oxygen atoms in total. The highest BCUT2D eigenvalue weighted by molar-refractivity contribution is 6.29. The smallest absolute Gasteiger partial charge is 0.221 e. The molecule has 0 saturated heterocycles. The van der Waals surface area contributed by atoms with Crippen LogP contribution in [0.3, 0.4) is 0 Å². The van der Waals surface area contributed by atoms with Gasteiger partial charge < -0.3 is 5.73 Å². The van der Waals surface area contributed by atoms with Crippen molar-refractivity contribution in [3.63, 3.8) is 0 Å². The van der Waals surface area contributed by atoms with E-state index in [0.717, 1.165) is 5.69 Å². The molecule has 1 heterocycles. The van der Waals surface area contributed by atoms with Gasteiger partial charge in [0.15, 0.2) is 0 Å². The third kappa shape index (κ3) is 2.45. The van der Waals surface area contributed by atoms with Crippen LogP contribution in [0, 0.1) is 0 Å². The molecule has 2 aromatic carbocycles. The lowest BCUT2D eigenvalue weighted by molar-refractivity contribution is 0.866. The van der Waals surface area contributed by atoms with Gasteiger partial charge in [-0.05, 0) is 22.4 Å². The van der Waals surface area contributed by atoms with Gasteiger partial charge in [-0.25, -0.2) is 9.97 Å². The maximum absolute atomic E-state index is 5.95. The fourth-order valence-electron chi connectivity index (χ4n) is 2.32. The van der Waals surface area contributed by atoms with Crippen LogP contribution in [0.5, 0.6) is 0 Å². The van der Waals surface area contributed by atoms with Gasteiger partial charge in [0.05, 0.1) is 5.69 Å². The average molecular weight is 284 g/mol. The van der Waals surface area contributed by atoms with Crippen molar-refractivity contribution in [1.82, 2.24) is 9.97 Å². The van der Waals surface area contributed by atoms with E-state index in [1.54, 1.807) is 6.07 Å². The van der Waals surface area contributed by atoms with Crippen LogP contribution in [-0.4, -0.2) is 9.97 Å². The monoisotopic (exact) mass is 283 g/mol. The summed E-state index contributed by atoms with van der Waals surface area (Å²) in [6, 6.07) is 16.4. The fourth-order valence-corrected chi connectivity index (χ4v) is 2.52. The Morgan fingerprint density at radius 1 is 1.00 bits per heavy atom. The number of halogens is 1. The first kappa shape index (κ1) is 12.9. The lowest BCUT2D eigenvalue weighted by Gasteiger charge is -2.13. The summed E-state index contributed by atoms with van der Waals surface area (Å²) >= 11 is 5.95. The molecule has 0 aliphatic rings. The molecular weight excluding hydrogens is 270 g/mol. The van der Waals surface area contributed by atoms with Crippen molar-refractivity contribution in [2.45, 2.75) is 12.8 Å². The van der Waals surface area contributed by atoms with Crippen molar-refractivity contribution >= 4 is 28.3 Å². The number of anilines is 1. The van der Waals surface area contributed by atoms with Crippen LogP contribution in [0.25, 0.3) is 10.8 Å². The predicted molar refractivity (Wildman–Crippen MR) is 82.9 cm³/mol. The van der Waals surface area contributed by atoms with Gasteiger partial charge in [0, 0.05) is 5.92 Å². The molecule has 0 saturated carbocycles. The second-order valence-electron chi connectivity index (χ2n) is 4.80. The van der Waals surface area contributed by atoms with Crippen LogP contribution in [0.15, 0.2) is 48.5 Å². The molecule has 0 fully saturated rings. The van der Waals surface area contributed by atoms with Gasteiger partial charge in [-0.15, -0.1) is 0 Å². The van der Waals surface area contributed by atoms with E-state index in [9.17, 15) is 0 Å². The standard InChI is InChI=1S/C16H14ClN3/c1-10(14-9-15(17)20-16(18)19-14)12-7-6-11-4-2-3-5-13(11)8-12/h2-10H,1H3,(H2,18,19,20). The number of nitrogens with two attached hydrogens (primary N) is 1. The zero-order valence-electron chi connectivity index (χ0n) is 11.0. The number of benzene rings is 2. The van der Waals surface area contributed by atoms with Crippen molar-refractivity contribution in [3.8, 4) is 0 Å². The number of nitrogen functional groups attached to an aromatic ring is 1. The lowest BCUT2D eigenvalue weighted by Crippen LogP contribution is -2.04. The third-order valence-electron chi connectivity index (χ3n) is 3.45. The number of hydrogen-bond donors (Lipinski definition) is 1. The van der Waals surface area contributed by atoms with E-state index in [1.807, 2.05) is 12.1 Å². The molecule has 3 aromatic rings. The third-order valence-corrected chi connectivity index (χ3v) is 3.64. The van der Waals surface area contributed by atoms with E-state index < -0.39 is 0 Å². The molecule has 0 aliphatic heterocycles. The Labute approximate surface area is 122 Å². The maximum atomic E-state index is 5.95. The van der Waals surface area contributed by atoms with Gasteiger partial charge in [-0.3, -0.25) is 0 Å². The molecule has 100 valence electrons. The van der Waals surface area contributed by atoms with Crippen LogP contribution in [-0.2, 0) is 0 Å². The van der Waals surface area contributed by atoms with Gasteiger partial charge in [0.2, 0.25) is 5.95 Å². The number of aromatic nitrogens is 2. The first-order chi connectivity index (χ1) is 9.63. The molecule has 1 aromatic heterocycles. The molecule has 0 bridgehead atoms. The van der Waals surface area contributed by atoms with Crippen molar-refractivity contribution in [1.29, 1.82) is 0 Å². The van der Waals surface area contributed by atoms with Gasteiger partial charge in [0.1, 0.15) is 5.15 Å². The van der Waals surface area contributed by atoms with Crippen molar-refractivity contribution < 1.29 is 0 Å². The van der Waals surface area contributed by atoms with Crippen molar-refractivity contribution in [2.75, 3.05) is 5.73 Å². The summed E-state index contributed by atoms with van der Waals surface area (Å²) < 4.78 is 0. The lowest BCUT2D eigenvalue weighted by atomic mass is 9.95. The van der Waals surface area contributed by atoms with Crippen LogP contribution >= 0.6 is 11.6 Å². The van der Waals surface area contributed by atoms with Gasteiger partial charge in [-0.1, -0.05) is 61.0 Å². The molecule has 0 aliphatic carbocycles. The SMILES string of the molecule is CC(c1ccc2ccccc2c1)c1cc(Cl)nc(N)n1. The van der Waals surface area contributed by atoms with Crippen molar-refractivity contribution in [2.24, 2.45) is 0 Å². The zero-order valence-corrected chi connectivity index (χ0v) is 11.8. The molecule has 1 unspecified atom stereocenters. The maximum Gasteiger partial charge on any atom is 0.221 e. The van der Waals surface area contributed by atoms with Gasteiger partial charge in [-0.2, -0.15) is 0 Å². The second kappa shape index (κ2) is 5.10. The van der Waals surface area contributed by atoms with E-state index in [-0.39, 0.29) is 11.9 Å². The highest BCUT2D eigenvalue weighted by atomic mass is 35.5. The summed E-state index contributed by atoms with van der Waals surface area (Å²) in [6.45, 7) is 2.09. The number of fused-ring (bicyclic) bond motifs is 1. The molecule has 4 heteroatoms. The Balaban J connectivity index is 2.05. The Kier molecular flexibility index (Phi) is 3.28. The highest BCUT2D eigenvalue weighted by Gasteiger charge is 2.12. The van der Waals surface area contributed by atoms with Crippen LogP contribution in [0.1, 0.15) is 24.1 Å². The van der Waals surface area contributed by atoms with Gasteiger partial charge >= 0.3 is 0 Å². The zero-order chi connectivity index (χ0) is 14.1. The van der Waals surface area contributed by atoms with Crippen LogP contribution < -0.4 is 5.73 Å². The quantitative estimate of drug-likeness (QED) is 0.723. The van der Waals surface area contributed by atoms with E-state index in [0.29, 0.717) is 5.15 Å².